The molecule has 0 aromatic heterocycles. The zero-order valence-electron chi connectivity index (χ0n) is 45.7. The molecular formula is C52H73N11O16S2. The molecule has 81 heavy (non-hydrogen) atoms. The van der Waals surface area contributed by atoms with Gasteiger partial charge in [0.05, 0.1) is 19.1 Å². The molecule has 0 bridgehead atoms. The van der Waals surface area contributed by atoms with Crippen LogP contribution in [0, 0.1) is 5.92 Å². The van der Waals surface area contributed by atoms with Gasteiger partial charge < -0.3 is 78.5 Å². The monoisotopic (exact) mass is 1170 g/mol. The number of aromatic hydroxyl groups is 2. The van der Waals surface area contributed by atoms with Crippen LogP contribution >= 0.6 is 21.6 Å². The molecule has 2 fully saturated rings. The predicted octanol–water partition coefficient (Wildman–Crippen LogP) is -2.66. The minimum absolute atomic E-state index is 0.0506. The molecule has 2 heterocycles. The van der Waals surface area contributed by atoms with Crippen LogP contribution in [0.15, 0.2) is 48.5 Å². The molecule has 4 rings (SSSR count). The largest absolute Gasteiger partial charge is 0.508 e. The summed E-state index contributed by atoms with van der Waals surface area (Å²) >= 11 is 0. The highest BCUT2D eigenvalue weighted by Crippen LogP contribution is 2.25. The fourth-order valence-corrected chi connectivity index (χ4v) is 11.0. The third kappa shape index (κ3) is 22.1. The topological polar surface area (TPSA) is 409 Å². The van der Waals surface area contributed by atoms with Gasteiger partial charge in [0.15, 0.2) is 0 Å². The van der Waals surface area contributed by atoms with Gasteiger partial charge in [0.25, 0.3) is 0 Å². The summed E-state index contributed by atoms with van der Waals surface area (Å²) in [6.07, 6.45) is -2.55. The summed E-state index contributed by atoms with van der Waals surface area (Å²) in [5, 5.41) is 65.7. The molecule has 2 aromatic carbocycles. The van der Waals surface area contributed by atoms with Crippen LogP contribution in [0.1, 0.15) is 78.4 Å². The molecule has 0 aliphatic carbocycles. The molecule has 2 saturated heterocycles. The number of aliphatic hydroxyl groups is 1. The quantitative estimate of drug-likeness (QED) is 0.0719. The first-order valence-corrected chi connectivity index (χ1v) is 28.6. The van der Waals surface area contributed by atoms with Gasteiger partial charge in [-0.2, -0.15) is 0 Å². The van der Waals surface area contributed by atoms with E-state index in [4.69, 9.17) is 0 Å². The molecule has 27 nitrogen and oxygen atoms in total. The molecule has 0 saturated carbocycles. The number of carboxylic acid groups (broad SMARTS) is 1. The summed E-state index contributed by atoms with van der Waals surface area (Å²) in [7, 11) is 2.14. The molecule has 29 heteroatoms. The Morgan fingerprint density at radius 3 is 1.79 bits per heavy atom. The van der Waals surface area contributed by atoms with E-state index in [-0.39, 0.29) is 67.7 Å². The van der Waals surface area contributed by atoms with Crippen molar-refractivity contribution in [1.29, 1.82) is 0 Å². The number of aliphatic carboxylic acids is 1. The zero-order valence-corrected chi connectivity index (χ0v) is 47.3. The zero-order chi connectivity index (χ0) is 60.1. The van der Waals surface area contributed by atoms with Crippen LogP contribution in [0.25, 0.3) is 0 Å². The van der Waals surface area contributed by atoms with Crippen molar-refractivity contribution in [3.8, 4) is 11.5 Å². The minimum atomic E-state index is -1.92. The van der Waals surface area contributed by atoms with Crippen LogP contribution in [0.4, 0.5) is 0 Å². The Hall–Kier alpha value is -7.66. The van der Waals surface area contributed by atoms with E-state index in [1.54, 1.807) is 20.8 Å². The predicted molar refractivity (Wildman–Crippen MR) is 295 cm³/mol. The lowest BCUT2D eigenvalue weighted by atomic mass is 10.0. The van der Waals surface area contributed by atoms with Crippen LogP contribution < -0.4 is 53.2 Å². The number of nitrogens with zero attached hydrogens (tertiary/aromatic N) is 1. The Morgan fingerprint density at radius 1 is 0.691 bits per heavy atom. The average molecular weight is 1170 g/mol. The van der Waals surface area contributed by atoms with E-state index in [0.717, 1.165) is 21.6 Å². The molecule has 0 radical (unpaired) electrons. The van der Waals surface area contributed by atoms with Crippen molar-refractivity contribution < 1.29 is 78.0 Å². The van der Waals surface area contributed by atoms with Crippen LogP contribution in [-0.4, -0.2) is 188 Å². The molecular weight excluding hydrogens is 1100 g/mol. The van der Waals surface area contributed by atoms with E-state index < -0.39 is 144 Å². The SMILES string of the molecule is CC(=O)NCC(NC(C)=O)C(=O)N[C@@H](CC(C)C)C(=O)N1CCC[C@H]1C(=O)N[C@H]1CSSC[C@@H](C)NC(=O)[C@H](C(C)O)NC(=O)CNC(=O)[C@H](Cc2ccc(O)cc2)NC(=O)[C@H](Cc2ccc(O)cc2)NC(=O)[C@H](CC(=O)O)NC1=O. The Labute approximate surface area is 475 Å². The van der Waals surface area contributed by atoms with Gasteiger partial charge in [-0.05, 0) is 74.4 Å². The second-order valence-corrected chi connectivity index (χ2v) is 22.7. The van der Waals surface area contributed by atoms with Crippen molar-refractivity contribution in [2.45, 2.75) is 141 Å². The van der Waals surface area contributed by atoms with Crippen LogP contribution in [0.5, 0.6) is 11.5 Å². The molecule has 2 aliphatic heterocycles. The van der Waals surface area contributed by atoms with E-state index in [1.807, 2.05) is 0 Å². The van der Waals surface area contributed by atoms with E-state index in [2.05, 4.69) is 53.2 Å². The molecule has 2 aromatic rings. The van der Waals surface area contributed by atoms with Gasteiger partial charge in [-0.3, -0.25) is 57.5 Å². The normalized spacial score (nSPS) is 23.1. The van der Waals surface area contributed by atoms with Gasteiger partial charge in [-0.15, -0.1) is 0 Å². The number of hydrogen-bond acceptors (Lipinski definition) is 17. The van der Waals surface area contributed by atoms with Crippen molar-refractivity contribution in [2.75, 3.05) is 31.1 Å². The summed E-state index contributed by atoms with van der Waals surface area (Å²) in [6, 6.07) is -1.45. The van der Waals surface area contributed by atoms with E-state index in [0.29, 0.717) is 17.5 Å². The Balaban J connectivity index is 1.72. The highest BCUT2D eigenvalue weighted by molar-refractivity contribution is 8.76. The molecule has 2 unspecified atom stereocenters. The first kappa shape index (κ1) is 65.9. The van der Waals surface area contributed by atoms with Crippen molar-refractivity contribution in [2.24, 2.45) is 5.92 Å². The number of hydrogen-bond donors (Lipinski definition) is 14. The van der Waals surface area contributed by atoms with Gasteiger partial charge in [-0.1, -0.05) is 59.7 Å². The minimum Gasteiger partial charge on any atom is -0.508 e. The summed E-state index contributed by atoms with van der Waals surface area (Å²) < 4.78 is 0. The highest BCUT2D eigenvalue weighted by Gasteiger charge is 2.41. The fraction of sp³-hybridized carbons (Fsp3) is 0.538. The third-order valence-electron chi connectivity index (χ3n) is 12.6. The maximum atomic E-state index is 14.5. The standard InChI is InChI=1S/C52H73N11O16S2/c1-26(2)18-38(60-48(75)39(56-30(6)66)22-53-29(5)65)52(79)63-17-7-8-41(63)50(77)61-40-25-81-80-24-27(3)55-51(78)44(28(4)64)62-42(69)23-54-45(72)35(19-31-9-13-33(67)14-10-31)57-46(73)36(20-32-11-15-34(68)16-12-32)58-47(74)37(21-43(70)71)59-49(40)76/h9-16,26-28,35-41,44,64,67-68H,7-8,17-25H2,1-6H3,(H,53,65)(H,54,72)(H,55,78)(H,56,66)(H,57,73)(H,58,74)(H,59,76)(H,60,75)(H,61,77)(H,62,69)(H,70,71)/t27-,28?,35+,36+,37+,38+,39?,40+,41+,44+/m1/s1. The lowest BCUT2D eigenvalue weighted by molar-refractivity contribution is -0.143. The number of aliphatic hydroxyl groups excluding tert-OH is 1. The van der Waals surface area contributed by atoms with Crippen molar-refractivity contribution in [1.82, 2.24) is 58.1 Å². The maximum Gasteiger partial charge on any atom is 0.305 e. The second-order valence-electron chi connectivity index (χ2n) is 20.1. The van der Waals surface area contributed by atoms with E-state index in [9.17, 15) is 78.0 Å². The highest BCUT2D eigenvalue weighted by atomic mass is 33.1. The number of rotatable bonds is 17. The first-order valence-electron chi connectivity index (χ1n) is 26.1. The van der Waals surface area contributed by atoms with Crippen molar-refractivity contribution in [3.63, 3.8) is 0 Å². The summed E-state index contributed by atoms with van der Waals surface area (Å²) in [5.74, 6) is -11.4. The van der Waals surface area contributed by atoms with Gasteiger partial charge >= 0.3 is 5.97 Å². The van der Waals surface area contributed by atoms with Gasteiger partial charge in [0.1, 0.15) is 59.8 Å². The number of amides is 11. The lowest BCUT2D eigenvalue weighted by Crippen LogP contribution is -2.61. The Kier molecular flexibility index (Phi) is 26.0. The second kappa shape index (κ2) is 32.0. The summed E-state index contributed by atoms with van der Waals surface area (Å²) in [4.78, 5) is 163. The number of benzene rings is 2. The Bertz CT molecular complexity index is 2590. The molecule has 11 amide bonds. The number of phenols is 2. The molecule has 14 N–H and O–H groups in total. The molecule has 0 spiro atoms. The summed E-state index contributed by atoms with van der Waals surface area (Å²) in [6.45, 7) is 7.87. The number of carbonyl (C=O) groups excluding carboxylic acids is 11. The van der Waals surface area contributed by atoms with E-state index in [1.165, 1.54) is 74.2 Å². The summed E-state index contributed by atoms with van der Waals surface area (Å²) in [5.41, 5.74) is 0.773. The number of nitrogens with one attached hydrogen (secondary N) is 10. The third-order valence-corrected chi connectivity index (χ3v) is 15.2. The van der Waals surface area contributed by atoms with Gasteiger partial charge in [-0.25, -0.2) is 0 Å². The van der Waals surface area contributed by atoms with Gasteiger partial charge in [0.2, 0.25) is 65.0 Å². The molecule has 444 valence electrons. The number of carbonyl (C=O) groups is 12. The van der Waals surface area contributed by atoms with Crippen LogP contribution in [-0.2, 0) is 70.4 Å². The molecule has 2 aliphatic rings. The Morgan fingerprint density at radius 2 is 1.25 bits per heavy atom. The average Bonchev–Trinajstić information content (AvgIpc) is 3.89. The van der Waals surface area contributed by atoms with Crippen LogP contribution in [0.3, 0.4) is 0 Å². The maximum absolute atomic E-state index is 14.5. The first-order chi connectivity index (χ1) is 38.2. The smallest absolute Gasteiger partial charge is 0.305 e. The van der Waals surface area contributed by atoms with Gasteiger partial charge in [0, 0.05) is 57.3 Å². The molecule has 10 atom stereocenters. The lowest BCUT2D eigenvalue weighted by Gasteiger charge is -2.31. The number of carboxylic acids is 1. The van der Waals surface area contributed by atoms with E-state index >= 15 is 0 Å². The fourth-order valence-electron chi connectivity index (χ4n) is 8.54. The van der Waals surface area contributed by atoms with Crippen molar-refractivity contribution >= 4 is 92.5 Å². The number of likely N-dealkylation sites (tertiary alicyclic amines) is 1. The number of phenolic OH excluding ortho intramolecular Hbond substituents is 2. The van der Waals surface area contributed by atoms with Crippen molar-refractivity contribution in [3.05, 3.63) is 59.7 Å². The van der Waals surface area contributed by atoms with Crippen LogP contribution in [0.2, 0.25) is 0 Å².